The number of benzene rings is 1. The van der Waals surface area contributed by atoms with E-state index in [0.717, 1.165) is 23.2 Å². The Bertz CT molecular complexity index is 767. The van der Waals surface area contributed by atoms with Gasteiger partial charge in [0.15, 0.2) is 0 Å². The van der Waals surface area contributed by atoms with Crippen molar-refractivity contribution in [1.82, 2.24) is 14.9 Å². The Kier molecular flexibility index (Phi) is 6.47. The quantitative estimate of drug-likeness (QED) is 0.735. The van der Waals surface area contributed by atoms with Gasteiger partial charge in [-0.3, -0.25) is 9.69 Å². The molecular weight excluding hydrogens is 350 g/mol. The second kappa shape index (κ2) is 8.06. The van der Waals surface area contributed by atoms with E-state index < -0.39 is 10.0 Å². The maximum Gasteiger partial charge on any atom is 0.240 e. The zero-order chi connectivity index (χ0) is 19.5. The Morgan fingerprint density at radius 2 is 1.92 bits per heavy atom. The van der Waals surface area contributed by atoms with Crippen LogP contribution in [0.5, 0.6) is 0 Å². The Balaban J connectivity index is 2.03. The molecule has 2 N–H and O–H groups in total. The van der Waals surface area contributed by atoms with Crippen LogP contribution in [0.1, 0.15) is 43.9 Å². The van der Waals surface area contributed by atoms with Gasteiger partial charge >= 0.3 is 0 Å². The van der Waals surface area contributed by atoms with E-state index in [1.165, 1.54) is 0 Å². The number of carbonyl (C=O) groups is 1. The zero-order valence-electron chi connectivity index (χ0n) is 16.5. The first kappa shape index (κ1) is 20.9. The Hall–Kier alpha value is -1.44. The number of aryl methyl sites for hydroxylation is 1. The van der Waals surface area contributed by atoms with Crippen molar-refractivity contribution in [3.8, 4) is 0 Å². The number of sulfonamides is 1. The minimum absolute atomic E-state index is 0.0296. The van der Waals surface area contributed by atoms with Crippen LogP contribution < -0.4 is 10.0 Å². The van der Waals surface area contributed by atoms with Crippen molar-refractivity contribution < 1.29 is 13.2 Å². The second-order valence-corrected chi connectivity index (χ2v) is 9.78. The summed E-state index contributed by atoms with van der Waals surface area (Å²) in [7, 11) is -3.56. The highest BCUT2D eigenvalue weighted by atomic mass is 32.2. The molecule has 1 amide bonds. The Morgan fingerprint density at radius 3 is 2.54 bits per heavy atom. The molecule has 6 nitrogen and oxygen atoms in total. The summed E-state index contributed by atoms with van der Waals surface area (Å²) in [6, 6.07) is 3.86. The average molecular weight is 382 g/mol. The number of nitrogens with one attached hydrogen (secondary N) is 2. The zero-order valence-corrected chi connectivity index (χ0v) is 17.3. The van der Waals surface area contributed by atoms with E-state index in [1.807, 2.05) is 18.7 Å². The molecule has 7 heteroatoms. The molecule has 0 radical (unpaired) electrons. The van der Waals surface area contributed by atoms with Gasteiger partial charge in [-0.2, -0.15) is 0 Å². The molecular formula is C19H31N3O3S. The van der Waals surface area contributed by atoms with Gasteiger partial charge in [0.2, 0.25) is 15.9 Å². The van der Waals surface area contributed by atoms with Gasteiger partial charge in [-0.05, 0) is 55.0 Å². The van der Waals surface area contributed by atoms with Crippen LogP contribution in [0.2, 0.25) is 0 Å². The van der Waals surface area contributed by atoms with E-state index in [2.05, 4.69) is 36.9 Å². The number of amides is 1. The normalized spacial score (nSPS) is 16.6. The predicted molar refractivity (Wildman–Crippen MR) is 104 cm³/mol. The summed E-state index contributed by atoms with van der Waals surface area (Å²) >= 11 is 0. The monoisotopic (exact) mass is 381 g/mol. The molecule has 0 aliphatic carbocycles. The molecule has 146 valence electrons. The van der Waals surface area contributed by atoms with Gasteiger partial charge < -0.3 is 5.32 Å². The van der Waals surface area contributed by atoms with Crippen LogP contribution >= 0.6 is 0 Å². The summed E-state index contributed by atoms with van der Waals surface area (Å²) in [5, 5.41) is 2.78. The first-order valence-corrected chi connectivity index (χ1v) is 10.6. The molecule has 1 aliphatic heterocycles. The Labute approximate surface area is 157 Å². The third-order valence-electron chi connectivity index (χ3n) is 4.84. The predicted octanol–water partition coefficient (Wildman–Crippen LogP) is 1.70. The maximum atomic E-state index is 12.8. The van der Waals surface area contributed by atoms with E-state index >= 15 is 0 Å². The lowest BCUT2D eigenvalue weighted by Gasteiger charge is -2.26. The molecule has 2 rings (SSSR count). The molecule has 0 unspecified atom stereocenters. The lowest BCUT2D eigenvalue weighted by molar-refractivity contribution is -0.124. The first-order chi connectivity index (χ1) is 12.0. The molecule has 0 aromatic heterocycles. The molecule has 1 heterocycles. The van der Waals surface area contributed by atoms with E-state index in [1.54, 1.807) is 6.07 Å². The number of rotatable bonds is 6. The van der Waals surface area contributed by atoms with E-state index in [9.17, 15) is 13.2 Å². The largest absolute Gasteiger partial charge is 0.354 e. The lowest BCUT2D eigenvalue weighted by Crippen LogP contribution is -2.48. The van der Waals surface area contributed by atoms with Crippen molar-refractivity contribution >= 4 is 15.9 Å². The fourth-order valence-electron chi connectivity index (χ4n) is 3.01. The van der Waals surface area contributed by atoms with Gasteiger partial charge in [0.25, 0.3) is 0 Å². The van der Waals surface area contributed by atoms with Gasteiger partial charge in [0.05, 0.1) is 11.4 Å². The van der Waals surface area contributed by atoms with Crippen LogP contribution in [0, 0.1) is 13.8 Å². The Morgan fingerprint density at radius 1 is 1.23 bits per heavy atom. The molecule has 1 aromatic carbocycles. The van der Waals surface area contributed by atoms with E-state index in [-0.39, 0.29) is 11.3 Å². The highest BCUT2D eigenvalue weighted by Crippen LogP contribution is 2.28. The maximum absolute atomic E-state index is 12.8. The van der Waals surface area contributed by atoms with Gasteiger partial charge in [-0.15, -0.1) is 0 Å². The number of nitrogens with zero attached hydrogens (tertiary/aromatic N) is 1. The van der Waals surface area contributed by atoms with Gasteiger partial charge in [0.1, 0.15) is 0 Å². The van der Waals surface area contributed by atoms with Crippen LogP contribution in [-0.2, 0) is 20.2 Å². The third kappa shape index (κ3) is 5.28. The number of hydrogen-bond donors (Lipinski definition) is 2. The van der Waals surface area contributed by atoms with Gasteiger partial charge in [-0.1, -0.05) is 26.8 Å². The minimum Gasteiger partial charge on any atom is -0.354 e. The summed E-state index contributed by atoms with van der Waals surface area (Å²) < 4.78 is 28.3. The molecule has 1 saturated heterocycles. The summed E-state index contributed by atoms with van der Waals surface area (Å²) in [4.78, 5) is 13.8. The standard InChI is InChI=1S/C19H31N3O3S/c1-14-11-16(19(3,4)5)12-17(15(14)2)26(24,25)21-7-6-9-22-10-8-20-18(23)13-22/h11-12,21H,6-10,13H2,1-5H3,(H,20,23). The summed E-state index contributed by atoms with van der Waals surface area (Å²) in [5.41, 5.74) is 2.67. The van der Waals surface area contributed by atoms with Crippen LogP contribution in [0.15, 0.2) is 17.0 Å². The van der Waals surface area contributed by atoms with Crippen molar-refractivity contribution in [1.29, 1.82) is 0 Å². The average Bonchev–Trinajstić information content (AvgIpc) is 2.53. The highest BCUT2D eigenvalue weighted by Gasteiger charge is 2.23. The van der Waals surface area contributed by atoms with Crippen molar-refractivity contribution in [2.24, 2.45) is 0 Å². The SMILES string of the molecule is Cc1cc(C(C)(C)C)cc(S(=O)(=O)NCCCN2CCNC(=O)C2)c1C. The molecule has 1 aromatic rings. The van der Waals surface area contributed by atoms with E-state index in [0.29, 0.717) is 37.5 Å². The third-order valence-corrected chi connectivity index (χ3v) is 6.42. The van der Waals surface area contributed by atoms with E-state index in [4.69, 9.17) is 0 Å². The number of piperazine rings is 1. The lowest BCUT2D eigenvalue weighted by atomic mass is 9.85. The highest BCUT2D eigenvalue weighted by molar-refractivity contribution is 7.89. The van der Waals surface area contributed by atoms with Gasteiger partial charge in [0, 0.05) is 19.6 Å². The minimum atomic E-state index is -3.56. The fraction of sp³-hybridized carbons (Fsp3) is 0.632. The topological polar surface area (TPSA) is 78.5 Å². The summed E-state index contributed by atoms with van der Waals surface area (Å²) in [6.07, 6.45) is 0.670. The number of carbonyl (C=O) groups excluding carboxylic acids is 1. The first-order valence-electron chi connectivity index (χ1n) is 9.11. The molecule has 0 saturated carbocycles. The molecule has 0 bridgehead atoms. The van der Waals surface area contributed by atoms with Crippen LogP contribution in [-0.4, -0.2) is 51.9 Å². The van der Waals surface area contributed by atoms with Crippen LogP contribution in [0.25, 0.3) is 0 Å². The summed E-state index contributed by atoms with van der Waals surface area (Å²) in [6.45, 7) is 13.0. The molecule has 0 atom stereocenters. The van der Waals surface area contributed by atoms with Gasteiger partial charge in [-0.25, -0.2) is 13.1 Å². The molecule has 1 fully saturated rings. The smallest absolute Gasteiger partial charge is 0.240 e. The van der Waals surface area contributed by atoms with Crippen molar-refractivity contribution in [3.63, 3.8) is 0 Å². The second-order valence-electron chi connectivity index (χ2n) is 8.04. The fourth-order valence-corrected chi connectivity index (χ4v) is 4.42. The summed E-state index contributed by atoms with van der Waals surface area (Å²) in [5.74, 6) is 0.0296. The molecule has 26 heavy (non-hydrogen) atoms. The molecule has 1 aliphatic rings. The van der Waals surface area contributed by atoms with Crippen LogP contribution in [0.3, 0.4) is 0 Å². The van der Waals surface area contributed by atoms with Crippen molar-refractivity contribution in [2.45, 2.75) is 51.3 Å². The van der Waals surface area contributed by atoms with Crippen LogP contribution in [0.4, 0.5) is 0 Å². The number of hydrogen-bond acceptors (Lipinski definition) is 4. The molecule has 0 spiro atoms. The van der Waals surface area contributed by atoms with Crippen molar-refractivity contribution in [3.05, 3.63) is 28.8 Å². The van der Waals surface area contributed by atoms with Crippen molar-refractivity contribution in [2.75, 3.05) is 32.7 Å².